The number of rotatable bonds is 2. The summed E-state index contributed by atoms with van der Waals surface area (Å²) in [6.07, 6.45) is -1.77. The van der Waals surface area contributed by atoms with Crippen LogP contribution < -0.4 is 0 Å². The molecule has 0 atom stereocenters. The van der Waals surface area contributed by atoms with E-state index in [-0.39, 0.29) is 23.2 Å². The van der Waals surface area contributed by atoms with Gasteiger partial charge in [-0.2, -0.15) is 10.5 Å². The molecule has 0 bridgehead atoms. The van der Waals surface area contributed by atoms with Crippen molar-refractivity contribution >= 4 is 0 Å². The van der Waals surface area contributed by atoms with Crippen molar-refractivity contribution in [1.29, 1.82) is 10.5 Å². The van der Waals surface area contributed by atoms with E-state index in [9.17, 15) is 8.78 Å². The molecule has 0 fully saturated rings. The van der Waals surface area contributed by atoms with Crippen molar-refractivity contribution in [3.8, 4) is 12.1 Å². The molecule has 0 saturated heterocycles. The molecule has 1 rings (SSSR count). The minimum Gasteiger partial charge on any atom is -0.245 e. The third-order valence-electron chi connectivity index (χ3n) is 1.62. The predicted octanol–water partition coefficient (Wildman–Crippen LogP) is 1.96. The Bertz CT molecular complexity index is 415. The maximum Gasteiger partial charge on any atom is 0.265 e. The third-order valence-corrected chi connectivity index (χ3v) is 1.62. The van der Waals surface area contributed by atoms with Crippen molar-refractivity contribution in [2.24, 2.45) is 0 Å². The largest absolute Gasteiger partial charge is 0.265 e. The zero-order valence-electron chi connectivity index (χ0n) is 7.04. The molecule has 0 spiro atoms. The van der Waals surface area contributed by atoms with Gasteiger partial charge in [0.15, 0.2) is 0 Å². The Kier molecular flexibility index (Phi) is 3.09. The predicted molar refractivity (Wildman–Crippen MR) is 43.2 cm³/mol. The highest BCUT2D eigenvalue weighted by Crippen LogP contribution is 2.20. The summed E-state index contributed by atoms with van der Waals surface area (Å²) < 4.78 is 24.4. The molecule has 70 valence electrons. The summed E-state index contributed by atoms with van der Waals surface area (Å²) in [5.41, 5.74) is -0.00185. The van der Waals surface area contributed by atoms with Crippen molar-refractivity contribution in [1.82, 2.24) is 4.98 Å². The van der Waals surface area contributed by atoms with Gasteiger partial charge in [0.25, 0.3) is 6.43 Å². The number of pyridine rings is 1. The molecular weight excluding hydrogens is 188 g/mol. The zero-order chi connectivity index (χ0) is 10.6. The number of aromatic nitrogens is 1. The normalized spacial score (nSPS) is 9.50. The standard InChI is InChI=1S/C9H5F2N3/c10-9(11)7-3-6(1-2-12)8(4-13)14-5-7/h3,5,9H,1H2. The van der Waals surface area contributed by atoms with E-state index < -0.39 is 6.43 Å². The van der Waals surface area contributed by atoms with Gasteiger partial charge in [0.1, 0.15) is 11.8 Å². The quantitative estimate of drug-likeness (QED) is 0.721. The van der Waals surface area contributed by atoms with Gasteiger partial charge in [-0.25, -0.2) is 13.8 Å². The van der Waals surface area contributed by atoms with Crippen molar-refractivity contribution in [2.75, 3.05) is 0 Å². The summed E-state index contributed by atoms with van der Waals surface area (Å²) in [6, 6.07) is 4.67. The summed E-state index contributed by atoms with van der Waals surface area (Å²) in [7, 11) is 0. The minimum atomic E-state index is -2.63. The molecule has 0 N–H and O–H groups in total. The van der Waals surface area contributed by atoms with Crippen molar-refractivity contribution in [3.05, 3.63) is 29.1 Å². The van der Waals surface area contributed by atoms with Gasteiger partial charge in [-0.05, 0) is 6.07 Å². The van der Waals surface area contributed by atoms with Crippen LogP contribution in [0.3, 0.4) is 0 Å². The second kappa shape index (κ2) is 4.29. The summed E-state index contributed by atoms with van der Waals surface area (Å²) in [6.45, 7) is 0. The molecule has 1 heterocycles. The Morgan fingerprint density at radius 2 is 2.14 bits per heavy atom. The van der Waals surface area contributed by atoms with E-state index in [2.05, 4.69) is 4.98 Å². The third kappa shape index (κ3) is 2.02. The fourth-order valence-corrected chi connectivity index (χ4v) is 0.969. The van der Waals surface area contributed by atoms with Crippen LogP contribution >= 0.6 is 0 Å². The maximum atomic E-state index is 12.2. The molecule has 5 heteroatoms. The van der Waals surface area contributed by atoms with E-state index in [0.29, 0.717) is 0 Å². The lowest BCUT2D eigenvalue weighted by molar-refractivity contribution is 0.151. The number of alkyl halides is 2. The van der Waals surface area contributed by atoms with Gasteiger partial charge < -0.3 is 0 Å². The molecule has 1 aromatic heterocycles. The lowest BCUT2D eigenvalue weighted by atomic mass is 10.1. The topological polar surface area (TPSA) is 60.5 Å². The highest BCUT2D eigenvalue weighted by molar-refractivity contribution is 5.35. The van der Waals surface area contributed by atoms with Gasteiger partial charge >= 0.3 is 0 Å². The van der Waals surface area contributed by atoms with Crippen LogP contribution in [0.2, 0.25) is 0 Å². The first-order chi connectivity index (χ1) is 6.69. The minimum absolute atomic E-state index is 0.0240. The highest BCUT2D eigenvalue weighted by atomic mass is 19.3. The molecule has 0 amide bonds. The summed E-state index contributed by atoms with van der Waals surface area (Å²) in [5, 5.41) is 17.0. The fraction of sp³-hybridized carbons (Fsp3) is 0.222. The Morgan fingerprint density at radius 1 is 1.43 bits per heavy atom. The molecule has 3 nitrogen and oxygen atoms in total. The van der Waals surface area contributed by atoms with E-state index in [1.54, 1.807) is 12.1 Å². The lowest BCUT2D eigenvalue weighted by Crippen LogP contribution is -1.96. The van der Waals surface area contributed by atoms with Crippen LogP contribution in [0.5, 0.6) is 0 Å². The Balaban J connectivity index is 3.17. The Morgan fingerprint density at radius 3 is 2.64 bits per heavy atom. The SMILES string of the molecule is N#CCc1cc(C(F)F)cnc1C#N. The van der Waals surface area contributed by atoms with Gasteiger partial charge in [-0.3, -0.25) is 0 Å². The average molecular weight is 193 g/mol. The lowest BCUT2D eigenvalue weighted by Gasteiger charge is -2.02. The zero-order valence-corrected chi connectivity index (χ0v) is 7.04. The van der Waals surface area contributed by atoms with E-state index in [0.717, 1.165) is 12.3 Å². The van der Waals surface area contributed by atoms with Crippen molar-refractivity contribution in [2.45, 2.75) is 12.8 Å². The maximum absolute atomic E-state index is 12.2. The molecular formula is C9H5F2N3. The van der Waals surface area contributed by atoms with Crippen LogP contribution in [-0.2, 0) is 6.42 Å². The average Bonchev–Trinajstić information content (AvgIpc) is 2.18. The molecule has 0 unspecified atom stereocenters. The first-order valence-electron chi connectivity index (χ1n) is 3.73. The number of hydrogen-bond donors (Lipinski definition) is 0. The van der Waals surface area contributed by atoms with Crippen molar-refractivity contribution < 1.29 is 8.78 Å². The van der Waals surface area contributed by atoms with Gasteiger partial charge in [0.2, 0.25) is 0 Å². The molecule has 0 aromatic carbocycles. The van der Waals surface area contributed by atoms with Gasteiger partial charge in [0.05, 0.1) is 12.5 Å². The number of hydrogen-bond acceptors (Lipinski definition) is 3. The van der Waals surface area contributed by atoms with Crippen LogP contribution in [0, 0.1) is 22.7 Å². The van der Waals surface area contributed by atoms with Gasteiger partial charge in [0, 0.05) is 17.3 Å². The van der Waals surface area contributed by atoms with Crippen molar-refractivity contribution in [3.63, 3.8) is 0 Å². The number of nitrogens with zero attached hydrogens (tertiary/aromatic N) is 3. The first kappa shape index (κ1) is 10.1. The molecule has 14 heavy (non-hydrogen) atoms. The molecule has 0 saturated carbocycles. The number of nitriles is 2. The van der Waals surface area contributed by atoms with Crippen LogP contribution in [-0.4, -0.2) is 4.98 Å². The van der Waals surface area contributed by atoms with E-state index in [1.807, 2.05) is 0 Å². The summed E-state index contributed by atoms with van der Waals surface area (Å²) in [5.74, 6) is 0. The molecule has 1 aromatic rings. The van der Waals surface area contributed by atoms with E-state index in [4.69, 9.17) is 10.5 Å². The van der Waals surface area contributed by atoms with E-state index in [1.165, 1.54) is 0 Å². The smallest absolute Gasteiger partial charge is 0.245 e. The van der Waals surface area contributed by atoms with Crippen LogP contribution in [0.1, 0.15) is 23.2 Å². The molecule has 0 aliphatic heterocycles. The number of halogens is 2. The highest BCUT2D eigenvalue weighted by Gasteiger charge is 2.11. The molecule has 0 radical (unpaired) electrons. The molecule has 0 aliphatic carbocycles. The van der Waals surface area contributed by atoms with Crippen LogP contribution in [0.25, 0.3) is 0 Å². The van der Waals surface area contributed by atoms with Crippen LogP contribution in [0.15, 0.2) is 12.3 Å². The molecule has 0 aliphatic rings. The Hall–Kier alpha value is -2.01. The first-order valence-corrected chi connectivity index (χ1v) is 3.73. The summed E-state index contributed by atoms with van der Waals surface area (Å²) in [4.78, 5) is 3.54. The second-order valence-electron chi connectivity index (χ2n) is 2.52. The van der Waals surface area contributed by atoms with Crippen LogP contribution in [0.4, 0.5) is 8.78 Å². The Labute approximate surface area is 79.2 Å². The van der Waals surface area contributed by atoms with Gasteiger partial charge in [-0.15, -0.1) is 0 Å². The summed E-state index contributed by atoms with van der Waals surface area (Å²) >= 11 is 0. The van der Waals surface area contributed by atoms with E-state index >= 15 is 0 Å². The fourth-order valence-electron chi connectivity index (χ4n) is 0.969. The van der Waals surface area contributed by atoms with Gasteiger partial charge in [-0.1, -0.05) is 0 Å². The second-order valence-corrected chi connectivity index (χ2v) is 2.52. The monoisotopic (exact) mass is 193 g/mol.